The summed E-state index contributed by atoms with van der Waals surface area (Å²) in [7, 11) is 0. The van der Waals surface area contributed by atoms with E-state index in [2.05, 4.69) is 5.32 Å². The van der Waals surface area contributed by atoms with E-state index in [-0.39, 0.29) is 24.4 Å². The fourth-order valence-corrected chi connectivity index (χ4v) is 4.33. The Labute approximate surface area is 198 Å². The van der Waals surface area contributed by atoms with Gasteiger partial charge in [-0.15, -0.1) is 0 Å². The first-order valence-electron chi connectivity index (χ1n) is 11.5. The van der Waals surface area contributed by atoms with Crippen molar-refractivity contribution in [1.29, 1.82) is 0 Å². The maximum Gasteiger partial charge on any atom is 0.318 e. The molecule has 1 atom stereocenters. The molecule has 0 bridgehead atoms. The summed E-state index contributed by atoms with van der Waals surface area (Å²) in [5, 5.41) is 3.08. The van der Waals surface area contributed by atoms with Crippen LogP contribution in [0.3, 0.4) is 0 Å². The van der Waals surface area contributed by atoms with Crippen LogP contribution in [0.1, 0.15) is 17.5 Å². The van der Waals surface area contributed by atoms with E-state index in [1.165, 1.54) is 0 Å². The number of ether oxygens (including phenoxy) is 2. The van der Waals surface area contributed by atoms with Crippen molar-refractivity contribution in [3.05, 3.63) is 90.0 Å². The van der Waals surface area contributed by atoms with E-state index >= 15 is 0 Å². The number of urea groups is 1. The second-order valence-electron chi connectivity index (χ2n) is 8.51. The molecule has 5 rings (SSSR count). The number of nitrogens with one attached hydrogen (secondary N) is 1. The van der Waals surface area contributed by atoms with E-state index in [1.54, 1.807) is 9.80 Å². The molecular weight excluding hydrogens is 430 g/mol. The van der Waals surface area contributed by atoms with E-state index < -0.39 is 0 Å². The lowest BCUT2D eigenvalue weighted by Crippen LogP contribution is -2.45. The molecule has 2 aliphatic heterocycles. The molecule has 2 aliphatic rings. The highest BCUT2D eigenvalue weighted by atomic mass is 16.6. The summed E-state index contributed by atoms with van der Waals surface area (Å²) in [6.45, 7) is 2.38. The first-order valence-corrected chi connectivity index (χ1v) is 11.5. The van der Waals surface area contributed by atoms with Crippen LogP contribution >= 0.6 is 0 Å². The Morgan fingerprint density at radius 2 is 1.50 bits per heavy atom. The zero-order chi connectivity index (χ0) is 23.3. The summed E-state index contributed by atoms with van der Waals surface area (Å²) in [5.74, 6) is 1.30. The molecule has 0 radical (unpaired) electrons. The number of benzene rings is 3. The van der Waals surface area contributed by atoms with Crippen molar-refractivity contribution >= 4 is 17.6 Å². The Morgan fingerprint density at radius 3 is 2.15 bits per heavy atom. The van der Waals surface area contributed by atoms with E-state index in [0.29, 0.717) is 44.3 Å². The normalized spacial score (nSPS) is 16.9. The molecule has 7 nitrogen and oxygen atoms in total. The van der Waals surface area contributed by atoms with Crippen LogP contribution in [0.5, 0.6) is 11.5 Å². The number of hydrogen-bond donors (Lipinski definition) is 1. The van der Waals surface area contributed by atoms with Gasteiger partial charge in [0.15, 0.2) is 11.5 Å². The number of hydrogen-bond acceptors (Lipinski definition) is 4. The molecule has 1 N–H and O–H groups in total. The molecule has 174 valence electrons. The number of rotatable bonds is 6. The molecule has 34 heavy (non-hydrogen) atoms. The van der Waals surface area contributed by atoms with Crippen molar-refractivity contribution in [1.82, 2.24) is 10.2 Å². The summed E-state index contributed by atoms with van der Waals surface area (Å²) < 4.78 is 11.2. The second-order valence-corrected chi connectivity index (χ2v) is 8.51. The number of fused-ring (bicyclic) bond motifs is 1. The summed E-state index contributed by atoms with van der Waals surface area (Å²) in [6.07, 6.45) is 0.255. The summed E-state index contributed by atoms with van der Waals surface area (Å²) >= 11 is 0. The number of carbonyl (C=O) groups is 2. The van der Waals surface area contributed by atoms with Gasteiger partial charge in [-0.3, -0.25) is 4.79 Å². The second kappa shape index (κ2) is 9.87. The summed E-state index contributed by atoms with van der Waals surface area (Å²) in [6, 6.07) is 24.9. The predicted octanol–water partition coefficient (Wildman–Crippen LogP) is 3.98. The van der Waals surface area contributed by atoms with Gasteiger partial charge in [-0.2, -0.15) is 0 Å². The third-order valence-corrected chi connectivity index (χ3v) is 6.01. The first kappa shape index (κ1) is 21.8. The van der Waals surface area contributed by atoms with Gasteiger partial charge in [0.1, 0.15) is 13.2 Å². The average Bonchev–Trinajstić information content (AvgIpc) is 3.24. The molecule has 1 fully saturated rings. The predicted molar refractivity (Wildman–Crippen MR) is 129 cm³/mol. The van der Waals surface area contributed by atoms with E-state index in [9.17, 15) is 9.59 Å². The van der Waals surface area contributed by atoms with E-state index in [4.69, 9.17) is 9.47 Å². The molecule has 0 saturated carbocycles. The molecule has 1 unspecified atom stereocenters. The lowest BCUT2D eigenvalue weighted by Gasteiger charge is -2.26. The quantitative estimate of drug-likeness (QED) is 0.608. The largest absolute Gasteiger partial charge is 0.486 e. The maximum atomic E-state index is 13.3. The van der Waals surface area contributed by atoms with Crippen molar-refractivity contribution in [2.24, 2.45) is 0 Å². The van der Waals surface area contributed by atoms with Gasteiger partial charge in [0.2, 0.25) is 5.91 Å². The van der Waals surface area contributed by atoms with Gasteiger partial charge in [-0.05, 0) is 23.3 Å². The Hall–Kier alpha value is -4.00. The monoisotopic (exact) mass is 457 g/mol. The molecule has 7 heteroatoms. The average molecular weight is 458 g/mol. The highest BCUT2D eigenvalue weighted by Gasteiger charge is 2.33. The smallest absolute Gasteiger partial charge is 0.318 e. The highest BCUT2D eigenvalue weighted by Crippen LogP contribution is 2.35. The van der Waals surface area contributed by atoms with Crippen LogP contribution in [0.2, 0.25) is 0 Å². The number of anilines is 1. The van der Waals surface area contributed by atoms with Crippen LogP contribution in [0, 0.1) is 0 Å². The first-order chi connectivity index (χ1) is 16.7. The molecule has 0 spiro atoms. The summed E-state index contributed by atoms with van der Waals surface area (Å²) in [5.41, 5.74) is 2.85. The lowest BCUT2D eigenvalue weighted by atomic mass is 10.1. The SMILES string of the molecule is O=C(NC1CC(=O)N(c2ccc3c(c2)OCCO3)C1)N(Cc1ccccc1)Cc1ccccc1. The topological polar surface area (TPSA) is 71.1 Å². The highest BCUT2D eigenvalue weighted by molar-refractivity contribution is 5.97. The van der Waals surface area contributed by atoms with Crippen molar-refractivity contribution in [3.8, 4) is 11.5 Å². The molecule has 3 aromatic rings. The van der Waals surface area contributed by atoms with Crippen LogP contribution in [0.15, 0.2) is 78.9 Å². The number of nitrogens with zero attached hydrogens (tertiary/aromatic N) is 2. The van der Waals surface area contributed by atoms with Gasteiger partial charge in [0.25, 0.3) is 0 Å². The molecule has 1 saturated heterocycles. The van der Waals surface area contributed by atoms with Crippen molar-refractivity contribution in [3.63, 3.8) is 0 Å². The standard InChI is InChI=1S/C27H27N3O4/c31-26-15-22(19-30(26)23-11-12-24-25(16-23)34-14-13-33-24)28-27(32)29(17-20-7-3-1-4-8-20)18-21-9-5-2-6-10-21/h1-12,16,22H,13-15,17-19H2,(H,28,32). The van der Waals surface area contributed by atoms with E-state index in [0.717, 1.165) is 16.8 Å². The van der Waals surface area contributed by atoms with Crippen LogP contribution in [-0.2, 0) is 17.9 Å². The third kappa shape index (κ3) is 4.98. The maximum absolute atomic E-state index is 13.3. The minimum absolute atomic E-state index is 0.0281. The van der Waals surface area contributed by atoms with Crippen molar-refractivity contribution in [2.45, 2.75) is 25.6 Å². The van der Waals surface area contributed by atoms with Gasteiger partial charge >= 0.3 is 6.03 Å². The Bertz CT molecular complexity index is 1110. The minimum atomic E-state index is -0.276. The van der Waals surface area contributed by atoms with Crippen LogP contribution < -0.4 is 19.7 Å². The number of amides is 3. The van der Waals surface area contributed by atoms with Gasteiger partial charge in [0.05, 0.1) is 6.04 Å². The number of carbonyl (C=O) groups excluding carboxylic acids is 2. The van der Waals surface area contributed by atoms with Gasteiger partial charge in [-0.1, -0.05) is 60.7 Å². The van der Waals surface area contributed by atoms with Crippen LogP contribution in [0.25, 0.3) is 0 Å². The van der Waals surface area contributed by atoms with Gasteiger partial charge in [-0.25, -0.2) is 4.79 Å². The molecule has 3 aromatic carbocycles. The van der Waals surface area contributed by atoms with E-state index in [1.807, 2.05) is 78.9 Å². The molecule has 0 aromatic heterocycles. The van der Waals surface area contributed by atoms with Crippen LogP contribution in [-0.4, -0.2) is 42.6 Å². The summed E-state index contributed by atoms with van der Waals surface area (Å²) in [4.78, 5) is 29.5. The minimum Gasteiger partial charge on any atom is -0.486 e. The fourth-order valence-electron chi connectivity index (χ4n) is 4.33. The van der Waals surface area contributed by atoms with Crippen molar-refractivity contribution < 1.29 is 19.1 Å². The Morgan fingerprint density at radius 1 is 0.882 bits per heavy atom. The lowest BCUT2D eigenvalue weighted by molar-refractivity contribution is -0.117. The molecule has 0 aliphatic carbocycles. The zero-order valence-corrected chi connectivity index (χ0v) is 18.9. The van der Waals surface area contributed by atoms with Crippen LogP contribution in [0.4, 0.5) is 10.5 Å². The van der Waals surface area contributed by atoms with Gasteiger partial charge in [0, 0.05) is 37.8 Å². The fraction of sp³-hybridized carbons (Fsp3) is 0.259. The Balaban J connectivity index is 1.28. The Kier molecular flexibility index (Phi) is 6.33. The van der Waals surface area contributed by atoms with Gasteiger partial charge < -0.3 is 24.6 Å². The molecule has 2 heterocycles. The third-order valence-electron chi connectivity index (χ3n) is 6.01. The van der Waals surface area contributed by atoms with Crippen molar-refractivity contribution in [2.75, 3.05) is 24.7 Å². The molecular formula is C27H27N3O4. The molecule has 3 amide bonds. The zero-order valence-electron chi connectivity index (χ0n) is 18.9.